The van der Waals surface area contributed by atoms with Gasteiger partial charge in [0, 0.05) is 19.1 Å². The number of carboxylic acids is 1. The van der Waals surface area contributed by atoms with Crippen LogP contribution in [0.2, 0.25) is 0 Å². The molecule has 0 saturated carbocycles. The van der Waals surface area contributed by atoms with E-state index in [4.69, 9.17) is 10.8 Å². The van der Waals surface area contributed by atoms with Crippen molar-refractivity contribution in [3.05, 3.63) is 24.0 Å². The van der Waals surface area contributed by atoms with Crippen molar-refractivity contribution in [2.75, 3.05) is 18.4 Å². The van der Waals surface area contributed by atoms with Crippen LogP contribution in [0.3, 0.4) is 0 Å². The largest absolute Gasteiger partial charge is 0.477 e. The molecule has 0 aliphatic carbocycles. The lowest BCUT2D eigenvalue weighted by atomic mass is 10.1. The van der Waals surface area contributed by atoms with Crippen LogP contribution in [0, 0.1) is 0 Å². The number of carbonyl (C=O) groups excluding carboxylic acids is 1. The Morgan fingerprint density at radius 3 is 2.84 bits per heavy atom. The van der Waals surface area contributed by atoms with Crippen molar-refractivity contribution >= 4 is 17.7 Å². The maximum atomic E-state index is 11.9. The number of aromatic carboxylic acids is 1. The normalized spacial score (nSPS) is 19.0. The van der Waals surface area contributed by atoms with E-state index in [2.05, 4.69) is 10.3 Å². The number of anilines is 1. The second kappa shape index (κ2) is 5.66. The summed E-state index contributed by atoms with van der Waals surface area (Å²) in [6, 6.07) is 2.64. The number of carboxylic acid groups (broad SMARTS) is 1. The van der Waals surface area contributed by atoms with Gasteiger partial charge in [0.05, 0.1) is 11.9 Å². The minimum absolute atomic E-state index is 0.0204. The number of aromatic nitrogens is 1. The topological polar surface area (TPSA) is 109 Å². The van der Waals surface area contributed by atoms with Gasteiger partial charge in [-0.25, -0.2) is 14.6 Å². The fourth-order valence-corrected chi connectivity index (χ4v) is 1.99. The Bertz CT molecular complexity index is 474. The summed E-state index contributed by atoms with van der Waals surface area (Å²) in [7, 11) is 0. The smallest absolute Gasteiger partial charge is 0.354 e. The van der Waals surface area contributed by atoms with Gasteiger partial charge in [-0.05, 0) is 25.0 Å². The average Bonchev–Trinajstić information content (AvgIpc) is 2.39. The van der Waals surface area contributed by atoms with Crippen LogP contribution in [0.25, 0.3) is 0 Å². The third-order valence-corrected chi connectivity index (χ3v) is 2.98. The summed E-state index contributed by atoms with van der Waals surface area (Å²) in [5.74, 6) is -1.10. The van der Waals surface area contributed by atoms with Gasteiger partial charge in [-0.1, -0.05) is 0 Å². The van der Waals surface area contributed by atoms with Crippen molar-refractivity contribution < 1.29 is 14.7 Å². The first-order valence-corrected chi connectivity index (χ1v) is 6.07. The van der Waals surface area contributed by atoms with Crippen LogP contribution in [0.4, 0.5) is 10.5 Å². The van der Waals surface area contributed by atoms with Gasteiger partial charge in [0.25, 0.3) is 0 Å². The molecule has 0 spiro atoms. The zero-order valence-electron chi connectivity index (χ0n) is 10.4. The Kier molecular flexibility index (Phi) is 3.96. The predicted molar refractivity (Wildman–Crippen MR) is 69.0 cm³/mol. The molecule has 1 saturated heterocycles. The quantitative estimate of drug-likeness (QED) is 0.729. The average molecular weight is 264 g/mol. The Morgan fingerprint density at radius 1 is 1.47 bits per heavy atom. The van der Waals surface area contributed by atoms with Crippen LogP contribution in [-0.2, 0) is 0 Å². The number of piperidine rings is 1. The molecule has 2 heterocycles. The Morgan fingerprint density at radius 2 is 2.26 bits per heavy atom. The lowest BCUT2D eigenvalue weighted by molar-refractivity contribution is 0.0690. The third kappa shape index (κ3) is 3.41. The highest BCUT2D eigenvalue weighted by Gasteiger charge is 2.21. The number of nitrogens with two attached hydrogens (primary N) is 1. The number of hydrogen-bond acceptors (Lipinski definition) is 4. The molecule has 1 fully saturated rings. The summed E-state index contributed by atoms with van der Waals surface area (Å²) < 4.78 is 0. The van der Waals surface area contributed by atoms with Crippen LogP contribution < -0.4 is 11.1 Å². The molecule has 1 aliphatic heterocycles. The number of carbonyl (C=O) groups is 2. The Balaban J connectivity index is 1.96. The van der Waals surface area contributed by atoms with Gasteiger partial charge in [-0.2, -0.15) is 0 Å². The van der Waals surface area contributed by atoms with Crippen LogP contribution >= 0.6 is 0 Å². The molecule has 7 heteroatoms. The highest BCUT2D eigenvalue weighted by Crippen LogP contribution is 2.12. The minimum atomic E-state index is -1.10. The van der Waals surface area contributed by atoms with Crippen molar-refractivity contribution in [3.8, 4) is 0 Å². The molecule has 0 bridgehead atoms. The number of urea groups is 1. The fraction of sp³-hybridized carbons (Fsp3) is 0.417. The summed E-state index contributed by atoms with van der Waals surface area (Å²) in [6.45, 7) is 1.21. The van der Waals surface area contributed by atoms with Gasteiger partial charge in [0.15, 0.2) is 0 Å². The van der Waals surface area contributed by atoms with E-state index >= 15 is 0 Å². The van der Waals surface area contributed by atoms with Crippen LogP contribution in [-0.4, -0.2) is 46.1 Å². The molecule has 102 valence electrons. The first-order chi connectivity index (χ1) is 9.06. The molecule has 2 rings (SSSR count). The van der Waals surface area contributed by atoms with Gasteiger partial charge in [-0.15, -0.1) is 0 Å². The molecule has 7 nitrogen and oxygen atoms in total. The molecule has 0 aromatic carbocycles. The van der Waals surface area contributed by atoms with Crippen molar-refractivity contribution in [1.82, 2.24) is 9.88 Å². The lowest BCUT2D eigenvalue weighted by Gasteiger charge is -2.30. The summed E-state index contributed by atoms with van der Waals surface area (Å²) in [5, 5.41) is 11.4. The molecule has 2 amide bonds. The van der Waals surface area contributed by atoms with Crippen molar-refractivity contribution in [3.63, 3.8) is 0 Å². The molecule has 1 aliphatic rings. The maximum Gasteiger partial charge on any atom is 0.354 e. The van der Waals surface area contributed by atoms with E-state index in [0.29, 0.717) is 18.8 Å². The monoisotopic (exact) mass is 264 g/mol. The van der Waals surface area contributed by atoms with Crippen molar-refractivity contribution in [1.29, 1.82) is 0 Å². The summed E-state index contributed by atoms with van der Waals surface area (Å²) in [4.78, 5) is 28.0. The molecule has 1 atom stereocenters. The van der Waals surface area contributed by atoms with E-state index < -0.39 is 5.97 Å². The number of nitrogens with zero attached hydrogens (tertiary/aromatic N) is 2. The van der Waals surface area contributed by atoms with Crippen LogP contribution in [0.5, 0.6) is 0 Å². The zero-order valence-corrected chi connectivity index (χ0v) is 10.4. The van der Waals surface area contributed by atoms with E-state index in [0.717, 1.165) is 12.8 Å². The standard InChI is InChI=1S/C12H16N4O3/c13-8-2-1-5-16(7-8)12(19)15-9-3-4-10(11(17)18)14-6-9/h3-4,6,8H,1-2,5,7,13H2,(H,15,19)(H,17,18). The van der Waals surface area contributed by atoms with E-state index in [1.807, 2.05) is 0 Å². The molecule has 0 radical (unpaired) electrons. The van der Waals surface area contributed by atoms with E-state index in [9.17, 15) is 9.59 Å². The highest BCUT2D eigenvalue weighted by atomic mass is 16.4. The lowest BCUT2D eigenvalue weighted by Crippen LogP contribution is -2.47. The second-order valence-corrected chi connectivity index (χ2v) is 4.52. The van der Waals surface area contributed by atoms with E-state index in [-0.39, 0.29) is 17.8 Å². The molecule has 19 heavy (non-hydrogen) atoms. The van der Waals surface area contributed by atoms with E-state index in [1.54, 1.807) is 4.90 Å². The summed E-state index contributed by atoms with van der Waals surface area (Å²) in [6.07, 6.45) is 3.15. The van der Waals surface area contributed by atoms with Crippen LogP contribution in [0.1, 0.15) is 23.3 Å². The summed E-state index contributed by atoms with van der Waals surface area (Å²) >= 11 is 0. The third-order valence-electron chi connectivity index (χ3n) is 2.98. The summed E-state index contributed by atoms with van der Waals surface area (Å²) in [5.41, 5.74) is 6.22. The van der Waals surface area contributed by atoms with Crippen molar-refractivity contribution in [2.24, 2.45) is 5.73 Å². The number of hydrogen-bond donors (Lipinski definition) is 3. The van der Waals surface area contributed by atoms with Crippen molar-refractivity contribution in [2.45, 2.75) is 18.9 Å². The van der Waals surface area contributed by atoms with Gasteiger partial charge in [0.1, 0.15) is 5.69 Å². The zero-order chi connectivity index (χ0) is 13.8. The molecular formula is C12H16N4O3. The van der Waals surface area contributed by atoms with Gasteiger partial charge in [0.2, 0.25) is 0 Å². The second-order valence-electron chi connectivity index (χ2n) is 4.52. The number of rotatable bonds is 2. The highest BCUT2D eigenvalue weighted by molar-refractivity contribution is 5.90. The molecule has 4 N–H and O–H groups in total. The predicted octanol–water partition coefficient (Wildman–Crippen LogP) is 0.735. The molecule has 1 unspecified atom stereocenters. The van der Waals surface area contributed by atoms with Gasteiger partial charge in [-0.3, -0.25) is 0 Å². The number of amides is 2. The fourth-order valence-electron chi connectivity index (χ4n) is 1.99. The Hall–Kier alpha value is -2.15. The van der Waals surface area contributed by atoms with Crippen LogP contribution in [0.15, 0.2) is 18.3 Å². The first-order valence-electron chi connectivity index (χ1n) is 6.07. The number of likely N-dealkylation sites (tertiary alicyclic amines) is 1. The SMILES string of the molecule is NC1CCCN(C(=O)Nc2ccc(C(=O)O)nc2)C1. The minimum Gasteiger partial charge on any atom is -0.477 e. The first kappa shape index (κ1) is 13.3. The molecule has 1 aromatic rings. The van der Waals surface area contributed by atoms with Gasteiger partial charge >= 0.3 is 12.0 Å². The van der Waals surface area contributed by atoms with E-state index in [1.165, 1.54) is 18.3 Å². The maximum absolute atomic E-state index is 11.9. The Labute approximate surface area is 110 Å². The molecular weight excluding hydrogens is 248 g/mol. The number of nitrogens with one attached hydrogen (secondary N) is 1. The van der Waals surface area contributed by atoms with Gasteiger partial charge < -0.3 is 21.1 Å². The number of pyridine rings is 1. The molecule has 1 aromatic heterocycles.